The van der Waals surface area contributed by atoms with Gasteiger partial charge in [0.1, 0.15) is 12.4 Å². The monoisotopic (exact) mass is 384 g/mol. The van der Waals surface area contributed by atoms with Crippen LogP contribution in [0.4, 0.5) is 0 Å². The number of tetrazole rings is 1. The topological polar surface area (TPSA) is 114 Å². The van der Waals surface area contributed by atoms with Crippen LogP contribution in [0.2, 0.25) is 0 Å². The maximum Gasteiger partial charge on any atom is 0.359 e. The molecule has 0 aliphatic heterocycles. The summed E-state index contributed by atoms with van der Waals surface area (Å²) < 4.78 is 13.5. The molecule has 10 nitrogen and oxygen atoms in total. The number of ether oxygens (including phenoxy) is 2. The zero-order valence-corrected chi connectivity index (χ0v) is 15.4. The van der Waals surface area contributed by atoms with Crippen molar-refractivity contribution in [1.29, 1.82) is 0 Å². The van der Waals surface area contributed by atoms with Crippen LogP contribution in [0.1, 0.15) is 29.7 Å². The van der Waals surface area contributed by atoms with E-state index in [0.29, 0.717) is 18.1 Å². The molecule has 0 aliphatic rings. The Hall–Kier alpha value is -3.56. The Morgan fingerprint density at radius 3 is 2.68 bits per heavy atom. The highest BCUT2D eigenvalue weighted by atomic mass is 16.5. The lowest BCUT2D eigenvalue weighted by Crippen LogP contribution is -2.27. The van der Waals surface area contributed by atoms with Gasteiger partial charge in [-0.15, -0.1) is 5.10 Å². The Morgan fingerprint density at radius 1 is 1.07 bits per heavy atom. The lowest BCUT2D eigenvalue weighted by atomic mass is 10.3. The van der Waals surface area contributed by atoms with Gasteiger partial charge >= 0.3 is 5.97 Å². The molecular weight excluding hydrogens is 364 g/mol. The van der Waals surface area contributed by atoms with Gasteiger partial charge in [0.15, 0.2) is 18.1 Å². The first kappa shape index (κ1) is 19.2. The minimum Gasteiger partial charge on any atom is -0.492 e. The van der Waals surface area contributed by atoms with Gasteiger partial charge in [-0.3, -0.25) is 4.79 Å². The Bertz CT molecular complexity index is 969. The van der Waals surface area contributed by atoms with Gasteiger partial charge in [0.05, 0.1) is 6.54 Å². The summed E-state index contributed by atoms with van der Waals surface area (Å²) in [5.74, 6) is 0.472. The average Bonchev–Trinajstić information content (AvgIpc) is 3.16. The van der Waals surface area contributed by atoms with E-state index in [4.69, 9.17) is 9.47 Å². The molecule has 1 aromatic carbocycles. The number of benzene rings is 1. The van der Waals surface area contributed by atoms with Crippen LogP contribution in [-0.4, -0.2) is 42.6 Å². The van der Waals surface area contributed by atoms with Crippen molar-refractivity contribution >= 4 is 5.97 Å². The number of nitrogens with zero attached hydrogens (tertiary/aromatic N) is 6. The number of aryl methyl sites for hydroxylation is 1. The fourth-order valence-electron chi connectivity index (χ4n) is 2.40. The van der Waals surface area contributed by atoms with Gasteiger partial charge in [-0.2, -0.15) is 5.10 Å². The molecule has 28 heavy (non-hydrogen) atoms. The summed E-state index contributed by atoms with van der Waals surface area (Å²) in [4.78, 5) is 24.2. The predicted octanol–water partition coefficient (Wildman–Crippen LogP) is 1.08. The predicted molar refractivity (Wildman–Crippen MR) is 97.7 cm³/mol. The van der Waals surface area contributed by atoms with Crippen LogP contribution in [0.15, 0.2) is 47.3 Å². The molecule has 0 fully saturated rings. The first-order valence-corrected chi connectivity index (χ1v) is 8.85. The maximum absolute atomic E-state index is 12.3. The number of carbonyl (C=O) groups is 1. The summed E-state index contributed by atoms with van der Waals surface area (Å²) in [5.41, 5.74) is -0.311. The molecule has 0 amide bonds. The zero-order valence-electron chi connectivity index (χ0n) is 15.4. The van der Waals surface area contributed by atoms with Crippen molar-refractivity contribution in [3.05, 3.63) is 64.3 Å². The van der Waals surface area contributed by atoms with Gasteiger partial charge in [-0.25, -0.2) is 14.2 Å². The summed E-state index contributed by atoms with van der Waals surface area (Å²) in [6, 6.07) is 11.8. The van der Waals surface area contributed by atoms with Crippen LogP contribution in [0, 0.1) is 0 Å². The summed E-state index contributed by atoms with van der Waals surface area (Å²) >= 11 is 0. The van der Waals surface area contributed by atoms with Crippen LogP contribution >= 0.6 is 0 Å². The van der Waals surface area contributed by atoms with Crippen molar-refractivity contribution in [2.24, 2.45) is 0 Å². The Morgan fingerprint density at radius 2 is 1.89 bits per heavy atom. The van der Waals surface area contributed by atoms with E-state index < -0.39 is 5.97 Å². The van der Waals surface area contributed by atoms with Crippen molar-refractivity contribution in [3.8, 4) is 5.75 Å². The Balaban J connectivity index is 1.59. The highest BCUT2D eigenvalue weighted by Crippen LogP contribution is 2.08. The third-order valence-electron chi connectivity index (χ3n) is 3.76. The molecule has 10 heteroatoms. The largest absolute Gasteiger partial charge is 0.492 e. The lowest BCUT2D eigenvalue weighted by molar-refractivity contribution is 0.0445. The number of hydrogen-bond donors (Lipinski definition) is 0. The van der Waals surface area contributed by atoms with Gasteiger partial charge in [-0.1, -0.05) is 25.1 Å². The second-order valence-electron chi connectivity index (χ2n) is 5.84. The number of hydrogen-bond acceptors (Lipinski definition) is 8. The molecule has 0 spiro atoms. The van der Waals surface area contributed by atoms with Crippen LogP contribution in [0.5, 0.6) is 5.75 Å². The van der Waals surface area contributed by atoms with E-state index in [1.165, 1.54) is 16.8 Å². The smallest absolute Gasteiger partial charge is 0.359 e. The van der Waals surface area contributed by atoms with E-state index in [2.05, 4.69) is 20.6 Å². The second-order valence-corrected chi connectivity index (χ2v) is 5.84. The highest BCUT2D eigenvalue weighted by Gasteiger charge is 2.14. The minimum atomic E-state index is -0.663. The van der Waals surface area contributed by atoms with Gasteiger partial charge < -0.3 is 9.47 Å². The SMILES string of the molecule is CCCn1nnnc1COC(=O)c1ccc(=O)n(CCOc2ccccc2)n1. The molecular formula is C18H20N6O4. The van der Waals surface area contributed by atoms with Crippen molar-refractivity contribution in [3.63, 3.8) is 0 Å². The quantitative estimate of drug-likeness (QED) is 0.504. The molecule has 3 rings (SSSR count). The molecule has 0 unspecified atom stereocenters. The van der Waals surface area contributed by atoms with Crippen molar-refractivity contribution in [1.82, 2.24) is 30.0 Å². The molecule has 0 saturated heterocycles. The fourth-order valence-corrected chi connectivity index (χ4v) is 2.40. The molecule has 0 N–H and O–H groups in total. The van der Waals surface area contributed by atoms with Crippen LogP contribution in [0.25, 0.3) is 0 Å². The first-order valence-electron chi connectivity index (χ1n) is 8.85. The highest BCUT2D eigenvalue weighted by molar-refractivity contribution is 5.86. The maximum atomic E-state index is 12.3. The molecule has 2 aromatic heterocycles. The number of aromatic nitrogens is 6. The summed E-state index contributed by atoms with van der Waals surface area (Å²) in [5, 5.41) is 15.3. The summed E-state index contributed by atoms with van der Waals surface area (Å²) in [6.07, 6.45) is 0.851. The van der Waals surface area contributed by atoms with Crippen molar-refractivity contribution < 1.29 is 14.3 Å². The van der Waals surface area contributed by atoms with Crippen molar-refractivity contribution in [2.75, 3.05) is 6.61 Å². The molecule has 3 aromatic rings. The zero-order chi connectivity index (χ0) is 19.8. The van der Waals surface area contributed by atoms with E-state index >= 15 is 0 Å². The van der Waals surface area contributed by atoms with Gasteiger partial charge in [-0.05, 0) is 35.0 Å². The van der Waals surface area contributed by atoms with E-state index in [-0.39, 0.29) is 31.0 Å². The number of para-hydroxylation sites is 1. The normalized spacial score (nSPS) is 10.6. The lowest BCUT2D eigenvalue weighted by Gasteiger charge is -2.09. The van der Waals surface area contributed by atoms with Gasteiger partial charge in [0.2, 0.25) is 0 Å². The molecule has 0 atom stereocenters. The third kappa shape index (κ3) is 5.00. The molecule has 0 radical (unpaired) electrons. The molecule has 146 valence electrons. The van der Waals surface area contributed by atoms with Crippen LogP contribution in [0.3, 0.4) is 0 Å². The number of carbonyl (C=O) groups excluding carboxylic acids is 1. The average molecular weight is 384 g/mol. The van der Waals surface area contributed by atoms with Gasteiger partial charge in [0, 0.05) is 12.6 Å². The van der Waals surface area contributed by atoms with Crippen LogP contribution < -0.4 is 10.3 Å². The number of esters is 1. The standard InChI is InChI=1S/C18H20N6O4/c1-2-10-23-16(19-21-22-23)13-28-18(26)15-8-9-17(25)24(20-15)11-12-27-14-6-4-3-5-7-14/h3-9H,2,10-13H2,1H3. The Labute approximate surface area is 160 Å². The third-order valence-corrected chi connectivity index (χ3v) is 3.76. The van der Waals surface area contributed by atoms with Crippen molar-refractivity contribution in [2.45, 2.75) is 33.0 Å². The molecule has 0 aliphatic carbocycles. The first-order chi connectivity index (χ1) is 13.7. The molecule has 0 saturated carbocycles. The van der Waals surface area contributed by atoms with Crippen LogP contribution in [-0.2, 0) is 24.4 Å². The van der Waals surface area contributed by atoms with E-state index in [1.54, 1.807) is 4.68 Å². The van der Waals surface area contributed by atoms with E-state index in [0.717, 1.165) is 6.42 Å². The number of rotatable bonds is 9. The van der Waals surface area contributed by atoms with E-state index in [9.17, 15) is 9.59 Å². The minimum absolute atomic E-state index is 0.0221. The summed E-state index contributed by atoms with van der Waals surface area (Å²) in [7, 11) is 0. The van der Waals surface area contributed by atoms with Gasteiger partial charge in [0.25, 0.3) is 5.56 Å². The fraction of sp³-hybridized carbons (Fsp3) is 0.333. The summed E-state index contributed by atoms with van der Waals surface area (Å²) in [6.45, 7) is 2.98. The Kier molecular flexibility index (Phi) is 6.45. The molecule has 2 heterocycles. The molecule has 0 bridgehead atoms. The second kappa shape index (κ2) is 9.40. The van der Waals surface area contributed by atoms with E-state index in [1.807, 2.05) is 37.3 Å².